The van der Waals surface area contributed by atoms with Gasteiger partial charge in [0.1, 0.15) is 0 Å². The monoisotopic (exact) mass is 144 g/mol. The van der Waals surface area contributed by atoms with Crippen molar-refractivity contribution in [2.45, 2.75) is 0 Å². The van der Waals surface area contributed by atoms with E-state index in [9.17, 15) is 0 Å². The zero-order valence-electron chi connectivity index (χ0n) is 2.36. The number of hydrogen-bond donors (Lipinski definition) is 0. The molecule has 0 aromatic carbocycles. The second-order valence-electron chi connectivity index (χ2n) is 0. The van der Waals surface area contributed by atoms with Crippen LogP contribution < -0.4 is 0 Å². The summed E-state index contributed by atoms with van der Waals surface area (Å²) in [6.45, 7) is 0. The average molecular weight is 145 g/mol. The van der Waals surface area contributed by atoms with Crippen molar-refractivity contribution in [2.24, 2.45) is 0 Å². The molecule has 0 rings (SSSR count). The molecule has 0 saturated heterocycles. The van der Waals surface area contributed by atoms with Gasteiger partial charge in [-0.05, 0) is 0 Å². The molecule has 2 radical (unpaired) electrons. The van der Waals surface area contributed by atoms with Crippen LogP contribution in [0, 0.1) is 0 Å². The Morgan fingerprint density at radius 3 is 1.25 bits per heavy atom. The number of rotatable bonds is 0. The number of hydrogen-bond acceptors (Lipinski definition) is 1. The van der Waals surface area contributed by atoms with E-state index in [-0.39, 0.29) is 45.1 Å². The molecular formula is LiOPZr. The topological polar surface area (TPSA) is 17.1 Å². The molecule has 0 aliphatic carbocycles. The van der Waals surface area contributed by atoms with E-state index in [0.717, 1.165) is 0 Å². The molecule has 16 valence electrons. The van der Waals surface area contributed by atoms with Crippen LogP contribution in [0.2, 0.25) is 0 Å². The van der Waals surface area contributed by atoms with Crippen molar-refractivity contribution in [3.8, 4) is 0 Å². The Hall–Kier alpha value is 1.58. The van der Waals surface area contributed by atoms with Gasteiger partial charge < -0.3 is 0 Å². The Morgan fingerprint density at radius 2 is 1.25 bits per heavy atom. The van der Waals surface area contributed by atoms with Crippen molar-refractivity contribution in [3.05, 3.63) is 0 Å². The van der Waals surface area contributed by atoms with Crippen LogP contribution in [0.25, 0.3) is 0 Å². The standard InChI is InChI=1S/Li.OP.Zr/c;1-2;. The Morgan fingerprint density at radius 1 is 1.25 bits per heavy atom. The van der Waals surface area contributed by atoms with E-state index in [2.05, 4.69) is 9.12 Å². The summed E-state index contributed by atoms with van der Waals surface area (Å²) in [5, 5.41) is 0. The largest absolute Gasteiger partial charge is 0.261 e. The van der Waals surface area contributed by atoms with Gasteiger partial charge >= 0.3 is 0 Å². The first-order valence-corrected chi connectivity index (χ1v) is 0.548. The molecule has 0 bridgehead atoms. The Balaban J connectivity index is -0.00000000500. The summed E-state index contributed by atoms with van der Waals surface area (Å²) in [6, 6.07) is 0. The molecule has 4 heavy (non-hydrogen) atoms. The van der Waals surface area contributed by atoms with Crippen molar-refractivity contribution in [2.75, 3.05) is 0 Å². The third kappa shape index (κ3) is 9.54. The minimum absolute atomic E-state index is 0. The maximum Gasteiger partial charge on any atom is 0.261 e. The second kappa shape index (κ2) is 23.5. The van der Waals surface area contributed by atoms with Gasteiger partial charge in [-0.15, -0.1) is 0 Å². The molecular weight excluding hydrogens is 145 g/mol. The van der Waals surface area contributed by atoms with Gasteiger partial charge in [-0.2, -0.15) is 0 Å². The molecule has 0 unspecified atom stereocenters. The maximum atomic E-state index is 7.94. The predicted octanol–water partition coefficient (Wildman–Crippen LogP) is 0.359. The molecule has 0 aliphatic rings. The van der Waals surface area contributed by atoms with Crippen LogP contribution in [-0.4, -0.2) is 18.9 Å². The molecule has 0 fully saturated rings. The van der Waals surface area contributed by atoms with E-state index in [4.69, 9.17) is 4.57 Å². The first kappa shape index (κ1) is 17.6. The van der Waals surface area contributed by atoms with Gasteiger partial charge in [0.25, 0.3) is 9.12 Å². The van der Waals surface area contributed by atoms with Gasteiger partial charge in [0, 0.05) is 45.1 Å². The van der Waals surface area contributed by atoms with Crippen molar-refractivity contribution < 1.29 is 30.8 Å². The minimum atomic E-state index is 0. The summed E-state index contributed by atoms with van der Waals surface area (Å²) in [4.78, 5) is 0. The average Bonchev–Trinajstić information content (AvgIpc) is 1.00. The molecule has 0 saturated carbocycles. The summed E-state index contributed by atoms with van der Waals surface area (Å²) < 4.78 is 7.94. The van der Waals surface area contributed by atoms with Gasteiger partial charge in [-0.25, -0.2) is 0 Å². The van der Waals surface area contributed by atoms with E-state index < -0.39 is 0 Å². The smallest absolute Gasteiger partial charge is 0.261 e. The fourth-order valence-electron chi connectivity index (χ4n) is 0. The van der Waals surface area contributed by atoms with Crippen molar-refractivity contribution in [3.63, 3.8) is 0 Å². The summed E-state index contributed by atoms with van der Waals surface area (Å²) in [5.74, 6) is 0. The predicted molar refractivity (Wildman–Crippen MR) is 13.4 cm³/mol. The molecule has 0 aromatic rings. The van der Waals surface area contributed by atoms with Gasteiger partial charge in [0.15, 0.2) is 0 Å². The van der Waals surface area contributed by atoms with Crippen molar-refractivity contribution in [1.82, 2.24) is 0 Å². The summed E-state index contributed by atoms with van der Waals surface area (Å²) in [6.07, 6.45) is 0. The normalized spacial score (nSPS) is 1.00. The molecule has 1 nitrogen and oxygen atoms in total. The van der Waals surface area contributed by atoms with E-state index in [1.165, 1.54) is 0 Å². The summed E-state index contributed by atoms with van der Waals surface area (Å²) in [7, 11) is 2.28. The summed E-state index contributed by atoms with van der Waals surface area (Å²) >= 11 is 0. The third-order valence-electron chi connectivity index (χ3n) is 0. The van der Waals surface area contributed by atoms with Crippen LogP contribution in [0.5, 0.6) is 0 Å². The van der Waals surface area contributed by atoms with Gasteiger partial charge in [0.2, 0.25) is 0 Å². The molecule has 0 aromatic heterocycles. The summed E-state index contributed by atoms with van der Waals surface area (Å²) in [5.41, 5.74) is 0. The van der Waals surface area contributed by atoms with Gasteiger partial charge in [0.05, 0.1) is 0 Å². The van der Waals surface area contributed by atoms with Gasteiger partial charge in [-0.3, -0.25) is 4.57 Å². The molecule has 0 spiro atoms. The Kier molecular flexibility index (Phi) is 103. The molecule has 4 heteroatoms. The third-order valence-corrected chi connectivity index (χ3v) is 0. The first-order chi connectivity index (χ1) is 1.00. The van der Waals surface area contributed by atoms with Crippen LogP contribution in [0.1, 0.15) is 0 Å². The fraction of sp³-hybridized carbons (Fsp3) is 0. The van der Waals surface area contributed by atoms with E-state index >= 15 is 0 Å². The maximum absolute atomic E-state index is 7.94. The van der Waals surface area contributed by atoms with Crippen LogP contribution in [0.15, 0.2) is 0 Å². The van der Waals surface area contributed by atoms with Crippen LogP contribution in [0.3, 0.4) is 0 Å². The zero-order valence-corrected chi connectivity index (χ0v) is 5.71. The molecule has 0 heterocycles. The SMILES string of the molecule is O=[P].[Li].[Zr]. The molecule has 0 aliphatic heterocycles. The van der Waals surface area contributed by atoms with E-state index in [1.54, 1.807) is 0 Å². The van der Waals surface area contributed by atoms with Gasteiger partial charge in [-0.1, -0.05) is 0 Å². The van der Waals surface area contributed by atoms with Crippen LogP contribution in [0.4, 0.5) is 0 Å². The molecule has 0 amide bonds. The van der Waals surface area contributed by atoms with Crippen molar-refractivity contribution in [1.29, 1.82) is 0 Å². The fourth-order valence-corrected chi connectivity index (χ4v) is 0. The van der Waals surface area contributed by atoms with Crippen LogP contribution >= 0.6 is 9.12 Å². The van der Waals surface area contributed by atoms with E-state index in [0.29, 0.717) is 0 Å². The van der Waals surface area contributed by atoms with Crippen LogP contribution in [-0.2, 0) is 30.8 Å². The van der Waals surface area contributed by atoms with Crippen molar-refractivity contribution >= 4 is 28.0 Å². The zero-order chi connectivity index (χ0) is 2.00. The quantitative estimate of drug-likeness (QED) is 0.355. The second-order valence-corrected chi connectivity index (χ2v) is 0. The minimum Gasteiger partial charge on any atom is -0.261 e. The molecule has 0 atom stereocenters. The first-order valence-electron chi connectivity index (χ1n) is 0.183. The molecule has 0 N–H and O–H groups in total. The Labute approximate surface area is 58.5 Å². The Bertz CT molecular complexity index is 8.00. The van der Waals surface area contributed by atoms with E-state index in [1.807, 2.05) is 0 Å².